The van der Waals surface area contributed by atoms with Crippen LogP contribution in [0.2, 0.25) is 0 Å². The summed E-state index contributed by atoms with van der Waals surface area (Å²) in [6.45, 7) is 7.50. The van der Waals surface area contributed by atoms with E-state index in [0.717, 1.165) is 19.3 Å². The number of carbonyl (C=O) groups is 1. The van der Waals surface area contributed by atoms with Crippen molar-refractivity contribution < 1.29 is 19.0 Å². The summed E-state index contributed by atoms with van der Waals surface area (Å²) >= 11 is 0. The van der Waals surface area contributed by atoms with Crippen LogP contribution in [0.4, 0.5) is 0 Å². The molecule has 1 aliphatic rings. The maximum Gasteiger partial charge on any atom is 0.323 e. The first-order valence-electron chi connectivity index (χ1n) is 8.02. The van der Waals surface area contributed by atoms with E-state index >= 15 is 0 Å². The SMILES string of the molecule is COCC[C@H]1CCC[C@H](N)C(=O)O[C@@H](C)[C@@H]1OCC(C)C.Cl. The first-order chi connectivity index (χ1) is 9.95. The lowest BCUT2D eigenvalue weighted by atomic mass is 9.89. The minimum atomic E-state index is -0.514. The van der Waals surface area contributed by atoms with E-state index in [0.29, 0.717) is 31.5 Å². The average molecular weight is 338 g/mol. The molecule has 0 aromatic carbocycles. The molecule has 0 amide bonds. The summed E-state index contributed by atoms with van der Waals surface area (Å²) in [5.41, 5.74) is 5.85. The molecule has 0 bridgehead atoms. The van der Waals surface area contributed by atoms with Crippen LogP contribution in [-0.2, 0) is 19.0 Å². The number of esters is 1. The fourth-order valence-corrected chi connectivity index (χ4v) is 2.76. The van der Waals surface area contributed by atoms with Gasteiger partial charge in [0.25, 0.3) is 0 Å². The summed E-state index contributed by atoms with van der Waals surface area (Å²) < 4.78 is 16.8. The Kier molecular flexibility index (Phi) is 11.0. The second kappa shape index (κ2) is 11.2. The number of ether oxygens (including phenoxy) is 3. The van der Waals surface area contributed by atoms with Crippen molar-refractivity contribution in [3.8, 4) is 0 Å². The highest BCUT2D eigenvalue weighted by atomic mass is 35.5. The number of carbonyl (C=O) groups excluding carboxylic acids is 1. The predicted molar refractivity (Wildman–Crippen MR) is 89.2 cm³/mol. The van der Waals surface area contributed by atoms with Gasteiger partial charge in [-0.15, -0.1) is 12.4 Å². The standard InChI is InChI=1S/C16H31NO4.ClH/c1-11(2)10-20-15-12(3)21-16(18)14(17)7-5-6-13(15)8-9-19-4;/h11-15H,5-10,17H2,1-4H3;1H/t12-,13+,14-,15-;/m0./s1. The molecule has 1 rings (SSSR count). The number of methoxy groups -OCH3 is 1. The van der Waals surface area contributed by atoms with Crippen LogP contribution in [0.1, 0.15) is 46.5 Å². The third-order valence-electron chi connectivity index (χ3n) is 3.94. The third-order valence-corrected chi connectivity index (χ3v) is 3.94. The zero-order valence-corrected chi connectivity index (χ0v) is 15.1. The molecule has 5 nitrogen and oxygen atoms in total. The molecule has 132 valence electrons. The van der Waals surface area contributed by atoms with E-state index in [9.17, 15) is 4.79 Å². The van der Waals surface area contributed by atoms with Gasteiger partial charge in [-0.2, -0.15) is 0 Å². The maximum atomic E-state index is 11.9. The molecule has 0 saturated carbocycles. The van der Waals surface area contributed by atoms with Crippen LogP contribution in [0.3, 0.4) is 0 Å². The lowest BCUT2D eigenvalue weighted by molar-refractivity contribution is -0.161. The van der Waals surface area contributed by atoms with Gasteiger partial charge in [0, 0.05) is 20.3 Å². The Morgan fingerprint density at radius 3 is 2.64 bits per heavy atom. The molecule has 22 heavy (non-hydrogen) atoms. The van der Waals surface area contributed by atoms with E-state index in [2.05, 4.69) is 13.8 Å². The van der Waals surface area contributed by atoms with E-state index in [-0.39, 0.29) is 30.6 Å². The van der Waals surface area contributed by atoms with Gasteiger partial charge < -0.3 is 19.9 Å². The van der Waals surface area contributed by atoms with Crippen LogP contribution >= 0.6 is 12.4 Å². The quantitative estimate of drug-likeness (QED) is 0.754. The molecular formula is C16H32ClNO4. The number of cyclic esters (lactones) is 1. The van der Waals surface area contributed by atoms with Crippen LogP contribution in [-0.4, -0.2) is 44.5 Å². The van der Waals surface area contributed by atoms with Crippen molar-refractivity contribution >= 4 is 18.4 Å². The van der Waals surface area contributed by atoms with Crippen molar-refractivity contribution in [2.45, 2.75) is 64.7 Å². The summed E-state index contributed by atoms with van der Waals surface area (Å²) in [5.74, 6) is 0.468. The first-order valence-corrected chi connectivity index (χ1v) is 8.02. The van der Waals surface area contributed by atoms with E-state index < -0.39 is 6.04 Å². The lowest BCUT2D eigenvalue weighted by Crippen LogP contribution is -2.40. The molecule has 0 aliphatic carbocycles. The molecule has 0 unspecified atom stereocenters. The van der Waals surface area contributed by atoms with Gasteiger partial charge in [0.05, 0.1) is 6.10 Å². The first kappa shape index (κ1) is 21.6. The Hall–Kier alpha value is -0.360. The summed E-state index contributed by atoms with van der Waals surface area (Å²) in [6.07, 6.45) is 3.13. The van der Waals surface area contributed by atoms with Gasteiger partial charge in [-0.25, -0.2) is 0 Å². The smallest absolute Gasteiger partial charge is 0.323 e. The molecule has 0 spiro atoms. The van der Waals surface area contributed by atoms with Crippen LogP contribution in [0.15, 0.2) is 0 Å². The van der Waals surface area contributed by atoms with Crippen molar-refractivity contribution in [3.63, 3.8) is 0 Å². The average Bonchev–Trinajstić information content (AvgIpc) is 2.46. The Bertz CT molecular complexity index is 315. The number of nitrogens with two attached hydrogens (primary N) is 1. The molecule has 0 aromatic rings. The highest BCUT2D eigenvalue weighted by Crippen LogP contribution is 2.26. The van der Waals surface area contributed by atoms with E-state index in [1.165, 1.54) is 0 Å². The molecular weight excluding hydrogens is 306 g/mol. The van der Waals surface area contributed by atoms with Crippen LogP contribution in [0.5, 0.6) is 0 Å². The molecule has 6 heteroatoms. The lowest BCUT2D eigenvalue weighted by Gasteiger charge is -2.31. The van der Waals surface area contributed by atoms with Gasteiger partial charge in [-0.05, 0) is 38.0 Å². The second-order valence-corrected chi connectivity index (χ2v) is 6.41. The largest absolute Gasteiger partial charge is 0.459 e. The molecule has 1 aliphatic heterocycles. The summed E-state index contributed by atoms with van der Waals surface area (Å²) in [6, 6.07) is -0.514. The van der Waals surface area contributed by atoms with E-state index in [1.54, 1.807) is 7.11 Å². The molecule has 1 fully saturated rings. The summed E-state index contributed by atoms with van der Waals surface area (Å²) in [7, 11) is 1.71. The Morgan fingerprint density at radius 1 is 1.36 bits per heavy atom. The molecule has 0 aromatic heterocycles. The normalized spacial score (nSPS) is 30.0. The Labute approximate surface area is 140 Å². The van der Waals surface area contributed by atoms with Crippen molar-refractivity contribution in [2.24, 2.45) is 17.6 Å². The molecule has 1 heterocycles. The minimum absolute atomic E-state index is 0. The van der Waals surface area contributed by atoms with Gasteiger partial charge in [0.15, 0.2) is 0 Å². The Balaban J connectivity index is 0.00000441. The van der Waals surface area contributed by atoms with Gasteiger partial charge in [0.2, 0.25) is 0 Å². The van der Waals surface area contributed by atoms with Gasteiger partial charge in [-0.1, -0.05) is 20.3 Å². The number of hydrogen-bond acceptors (Lipinski definition) is 5. The van der Waals surface area contributed by atoms with Gasteiger partial charge in [-0.3, -0.25) is 4.79 Å². The van der Waals surface area contributed by atoms with Gasteiger partial charge in [0.1, 0.15) is 12.1 Å². The van der Waals surface area contributed by atoms with Crippen LogP contribution < -0.4 is 5.73 Å². The topological polar surface area (TPSA) is 70.8 Å². The second-order valence-electron chi connectivity index (χ2n) is 6.41. The Morgan fingerprint density at radius 2 is 2.05 bits per heavy atom. The number of rotatable bonds is 6. The maximum absolute atomic E-state index is 11.9. The van der Waals surface area contributed by atoms with E-state index in [4.69, 9.17) is 19.9 Å². The number of halogens is 1. The summed E-state index contributed by atoms with van der Waals surface area (Å²) in [4.78, 5) is 11.9. The zero-order valence-electron chi connectivity index (χ0n) is 14.2. The fraction of sp³-hybridized carbons (Fsp3) is 0.938. The highest BCUT2D eigenvalue weighted by molar-refractivity contribution is 5.85. The van der Waals surface area contributed by atoms with Crippen LogP contribution in [0.25, 0.3) is 0 Å². The molecule has 0 radical (unpaired) electrons. The van der Waals surface area contributed by atoms with Crippen LogP contribution in [0, 0.1) is 11.8 Å². The predicted octanol–water partition coefficient (Wildman–Crippen LogP) is 2.55. The molecule has 1 saturated heterocycles. The highest BCUT2D eigenvalue weighted by Gasteiger charge is 2.33. The van der Waals surface area contributed by atoms with Crippen molar-refractivity contribution in [2.75, 3.05) is 20.3 Å². The third kappa shape index (κ3) is 7.27. The van der Waals surface area contributed by atoms with Crippen molar-refractivity contribution in [3.05, 3.63) is 0 Å². The summed E-state index contributed by atoms with van der Waals surface area (Å²) in [5, 5.41) is 0. The minimum Gasteiger partial charge on any atom is -0.459 e. The van der Waals surface area contributed by atoms with Crippen molar-refractivity contribution in [1.82, 2.24) is 0 Å². The monoisotopic (exact) mass is 337 g/mol. The zero-order chi connectivity index (χ0) is 15.8. The molecule has 2 N–H and O–H groups in total. The van der Waals surface area contributed by atoms with E-state index in [1.807, 2.05) is 6.92 Å². The number of hydrogen-bond donors (Lipinski definition) is 1. The van der Waals surface area contributed by atoms with Gasteiger partial charge >= 0.3 is 5.97 Å². The van der Waals surface area contributed by atoms with Crippen molar-refractivity contribution in [1.29, 1.82) is 0 Å². The fourth-order valence-electron chi connectivity index (χ4n) is 2.76. The molecule has 4 atom stereocenters.